The van der Waals surface area contributed by atoms with Crippen LogP contribution in [0.5, 0.6) is 5.75 Å². The van der Waals surface area contributed by atoms with Crippen molar-refractivity contribution in [1.29, 1.82) is 0 Å². The van der Waals surface area contributed by atoms with Crippen molar-refractivity contribution in [3.8, 4) is 5.75 Å². The number of nitrogens with zero attached hydrogens (tertiary/aromatic N) is 2. The van der Waals surface area contributed by atoms with E-state index in [4.69, 9.17) is 4.74 Å². The van der Waals surface area contributed by atoms with Gasteiger partial charge in [-0.1, -0.05) is 12.1 Å². The Balaban J connectivity index is 1.49. The lowest BCUT2D eigenvalue weighted by Crippen LogP contribution is -2.40. The summed E-state index contributed by atoms with van der Waals surface area (Å²) in [5.41, 5.74) is 1.00. The number of hydrogen-bond donors (Lipinski definition) is 0. The van der Waals surface area contributed by atoms with Gasteiger partial charge in [-0.15, -0.1) is 0 Å². The molecule has 3 rings (SSSR count). The van der Waals surface area contributed by atoms with Crippen LogP contribution in [0.4, 0.5) is 0 Å². The maximum atomic E-state index is 12.6. The molecule has 2 aliphatic rings. The minimum atomic E-state index is -3.08. The molecular formula is C19H28N2O4S. The minimum absolute atomic E-state index is 0.172. The van der Waals surface area contributed by atoms with E-state index in [1.54, 1.807) is 11.4 Å². The summed E-state index contributed by atoms with van der Waals surface area (Å²) in [6, 6.07) is 7.63. The minimum Gasteiger partial charge on any atom is -0.497 e. The third kappa shape index (κ3) is 4.57. The van der Waals surface area contributed by atoms with Crippen LogP contribution in [0.25, 0.3) is 0 Å². The van der Waals surface area contributed by atoms with Crippen LogP contribution in [0.2, 0.25) is 0 Å². The summed E-state index contributed by atoms with van der Waals surface area (Å²) in [7, 11) is -1.45. The average molecular weight is 381 g/mol. The molecule has 0 saturated carbocycles. The molecule has 2 saturated heterocycles. The molecule has 7 heteroatoms. The second-order valence-electron chi connectivity index (χ2n) is 7.41. The molecule has 2 fully saturated rings. The molecule has 1 aromatic carbocycles. The lowest BCUT2D eigenvalue weighted by atomic mass is 9.84. The molecule has 2 heterocycles. The number of likely N-dealkylation sites (tertiary alicyclic amines) is 1. The first-order chi connectivity index (χ1) is 12.4. The van der Waals surface area contributed by atoms with E-state index in [1.165, 1.54) is 6.26 Å². The molecule has 2 aliphatic heterocycles. The van der Waals surface area contributed by atoms with Crippen LogP contribution >= 0.6 is 0 Å². The Bertz CT molecular complexity index is 724. The normalized spacial score (nSPS) is 22.5. The van der Waals surface area contributed by atoms with E-state index in [0.717, 1.165) is 43.7 Å². The van der Waals surface area contributed by atoms with Crippen molar-refractivity contribution in [2.45, 2.75) is 25.7 Å². The number of carbonyl (C=O) groups excluding carboxylic acids is 1. The number of hydrogen-bond acceptors (Lipinski definition) is 4. The van der Waals surface area contributed by atoms with Gasteiger partial charge in [-0.05, 0) is 48.8 Å². The second kappa shape index (κ2) is 7.96. The first kappa shape index (κ1) is 19.2. The summed E-state index contributed by atoms with van der Waals surface area (Å²) < 4.78 is 30.0. The summed E-state index contributed by atoms with van der Waals surface area (Å²) in [6.07, 6.45) is 4.53. The largest absolute Gasteiger partial charge is 0.497 e. The van der Waals surface area contributed by atoms with Crippen molar-refractivity contribution in [3.05, 3.63) is 29.8 Å². The van der Waals surface area contributed by atoms with Gasteiger partial charge < -0.3 is 9.64 Å². The number of methoxy groups -OCH3 is 1. The Morgan fingerprint density at radius 2 is 1.69 bits per heavy atom. The molecule has 6 nitrogen and oxygen atoms in total. The van der Waals surface area contributed by atoms with Crippen LogP contribution in [0.3, 0.4) is 0 Å². The maximum Gasteiger partial charge on any atom is 0.226 e. The van der Waals surface area contributed by atoms with E-state index in [2.05, 4.69) is 0 Å². The summed E-state index contributed by atoms with van der Waals surface area (Å²) in [5.74, 6) is 1.98. The standard InChI is InChI=1S/C19H28N2O4S/c1-25-18-5-3-15(4-6-18)13-19(22)20-10-7-17(14-20)16-8-11-21(12-9-16)26(2,23)24/h3-6,16-17H,7-14H2,1-2H3. The van der Waals surface area contributed by atoms with Crippen molar-refractivity contribution in [2.75, 3.05) is 39.5 Å². The fourth-order valence-corrected chi connectivity index (χ4v) is 4.98. The van der Waals surface area contributed by atoms with Crippen molar-refractivity contribution < 1.29 is 17.9 Å². The topological polar surface area (TPSA) is 66.9 Å². The highest BCUT2D eigenvalue weighted by Crippen LogP contribution is 2.32. The molecule has 1 unspecified atom stereocenters. The monoisotopic (exact) mass is 380 g/mol. The number of rotatable bonds is 5. The van der Waals surface area contributed by atoms with Gasteiger partial charge in [-0.2, -0.15) is 0 Å². The first-order valence-corrected chi connectivity index (χ1v) is 11.1. The van der Waals surface area contributed by atoms with E-state index < -0.39 is 10.0 Å². The van der Waals surface area contributed by atoms with Gasteiger partial charge in [0.15, 0.2) is 0 Å². The molecule has 1 amide bonds. The first-order valence-electron chi connectivity index (χ1n) is 9.22. The number of benzene rings is 1. The lowest BCUT2D eigenvalue weighted by Gasteiger charge is -2.33. The fourth-order valence-electron chi connectivity index (χ4n) is 4.11. The Hall–Kier alpha value is -1.60. The highest BCUT2D eigenvalue weighted by Gasteiger charge is 2.35. The van der Waals surface area contributed by atoms with Crippen LogP contribution in [-0.4, -0.2) is 63.1 Å². The third-order valence-corrected chi connectivity index (χ3v) is 7.03. The predicted molar refractivity (Wildman–Crippen MR) is 101 cm³/mol. The molecule has 26 heavy (non-hydrogen) atoms. The molecule has 0 spiro atoms. The quantitative estimate of drug-likeness (QED) is 0.781. The van der Waals surface area contributed by atoms with Gasteiger partial charge in [0, 0.05) is 26.2 Å². The summed E-state index contributed by atoms with van der Waals surface area (Å²) in [4.78, 5) is 14.6. The number of ether oxygens (including phenoxy) is 1. The number of sulfonamides is 1. The lowest BCUT2D eigenvalue weighted by molar-refractivity contribution is -0.129. The van der Waals surface area contributed by atoms with Gasteiger partial charge in [0.25, 0.3) is 0 Å². The average Bonchev–Trinajstić information content (AvgIpc) is 3.12. The molecular weight excluding hydrogens is 352 g/mol. The third-order valence-electron chi connectivity index (χ3n) is 5.73. The van der Waals surface area contributed by atoms with Gasteiger partial charge >= 0.3 is 0 Å². The van der Waals surface area contributed by atoms with Gasteiger partial charge in [-0.25, -0.2) is 12.7 Å². The molecule has 0 aliphatic carbocycles. The summed E-state index contributed by atoms with van der Waals surface area (Å²) in [5, 5.41) is 0. The zero-order chi connectivity index (χ0) is 18.7. The van der Waals surface area contributed by atoms with Crippen molar-refractivity contribution in [1.82, 2.24) is 9.21 Å². The van der Waals surface area contributed by atoms with Crippen molar-refractivity contribution >= 4 is 15.9 Å². The SMILES string of the molecule is COc1ccc(CC(=O)N2CCC(C3CCN(S(C)(=O)=O)CC3)C2)cc1. The van der Waals surface area contributed by atoms with Crippen LogP contribution in [0.15, 0.2) is 24.3 Å². The maximum absolute atomic E-state index is 12.6. The highest BCUT2D eigenvalue weighted by molar-refractivity contribution is 7.88. The molecule has 0 aromatic heterocycles. The van der Waals surface area contributed by atoms with Crippen LogP contribution < -0.4 is 4.74 Å². The van der Waals surface area contributed by atoms with E-state index in [-0.39, 0.29) is 5.91 Å². The Morgan fingerprint density at radius 1 is 1.08 bits per heavy atom. The zero-order valence-electron chi connectivity index (χ0n) is 15.6. The smallest absolute Gasteiger partial charge is 0.226 e. The second-order valence-corrected chi connectivity index (χ2v) is 9.40. The van der Waals surface area contributed by atoms with E-state index in [0.29, 0.717) is 31.3 Å². The number of piperidine rings is 1. The van der Waals surface area contributed by atoms with Gasteiger partial charge in [-0.3, -0.25) is 4.79 Å². The summed E-state index contributed by atoms with van der Waals surface area (Å²) in [6.45, 7) is 2.84. The Labute approximate surface area is 156 Å². The van der Waals surface area contributed by atoms with Gasteiger partial charge in [0.2, 0.25) is 15.9 Å². The van der Waals surface area contributed by atoms with Gasteiger partial charge in [0.05, 0.1) is 19.8 Å². The zero-order valence-corrected chi connectivity index (χ0v) is 16.4. The predicted octanol–water partition coefficient (Wildman–Crippen LogP) is 1.76. The highest BCUT2D eigenvalue weighted by atomic mass is 32.2. The number of amides is 1. The molecule has 0 N–H and O–H groups in total. The molecule has 0 bridgehead atoms. The van der Waals surface area contributed by atoms with E-state index >= 15 is 0 Å². The van der Waals surface area contributed by atoms with Gasteiger partial charge in [0.1, 0.15) is 5.75 Å². The Morgan fingerprint density at radius 3 is 2.27 bits per heavy atom. The van der Waals surface area contributed by atoms with Crippen LogP contribution in [-0.2, 0) is 21.2 Å². The molecule has 0 radical (unpaired) electrons. The van der Waals surface area contributed by atoms with Crippen LogP contribution in [0.1, 0.15) is 24.8 Å². The number of carbonyl (C=O) groups is 1. The van der Waals surface area contributed by atoms with E-state index in [9.17, 15) is 13.2 Å². The molecule has 1 atom stereocenters. The molecule has 1 aromatic rings. The van der Waals surface area contributed by atoms with Crippen LogP contribution in [0, 0.1) is 11.8 Å². The fraction of sp³-hybridized carbons (Fsp3) is 0.632. The Kier molecular flexibility index (Phi) is 5.87. The van der Waals surface area contributed by atoms with Crippen molar-refractivity contribution in [3.63, 3.8) is 0 Å². The summed E-state index contributed by atoms with van der Waals surface area (Å²) >= 11 is 0. The van der Waals surface area contributed by atoms with Crippen molar-refractivity contribution in [2.24, 2.45) is 11.8 Å². The molecule has 144 valence electrons. The van der Waals surface area contributed by atoms with E-state index in [1.807, 2.05) is 29.2 Å².